The van der Waals surface area contributed by atoms with Crippen LogP contribution >= 0.6 is 38.5 Å². The van der Waals surface area contributed by atoms with Gasteiger partial charge >= 0.3 is 0 Å². The maximum Gasteiger partial charge on any atom is 0.252 e. The zero-order valence-corrected chi connectivity index (χ0v) is 13.0. The normalized spacial score (nSPS) is 20.0. The van der Waals surface area contributed by atoms with Crippen molar-refractivity contribution >= 4 is 44.4 Å². The predicted molar refractivity (Wildman–Crippen MR) is 80.2 cm³/mol. The van der Waals surface area contributed by atoms with Gasteiger partial charge in [0.2, 0.25) is 0 Å². The Balaban J connectivity index is 2.05. The first-order valence-electron chi connectivity index (χ1n) is 5.63. The topological polar surface area (TPSA) is 41.1 Å². The molecule has 1 aromatic rings. The summed E-state index contributed by atoms with van der Waals surface area (Å²) < 4.78 is 1.91. The molecule has 1 aromatic carbocycles. The smallest absolute Gasteiger partial charge is 0.252 e. The minimum Gasteiger partial charge on any atom is -0.348 e. The third-order valence-electron chi connectivity index (χ3n) is 2.81. The van der Waals surface area contributed by atoms with E-state index < -0.39 is 0 Å². The summed E-state index contributed by atoms with van der Waals surface area (Å²) in [7, 11) is 0. The SMILES string of the molecule is O=C(N[C@@H]1CCCNC1)c1cc(Br)ccc1I. The molecule has 0 bridgehead atoms. The van der Waals surface area contributed by atoms with E-state index in [2.05, 4.69) is 49.2 Å². The number of carbonyl (C=O) groups is 1. The lowest BCUT2D eigenvalue weighted by Gasteiger charge is -2.24. The van der Waals surface area contributed by atoms with Crippen LogP contribution in [0.25, 0.3) is 0 Å². The van der Waals surface area contributed by atoms with Crippen molar-refractivity contribution in [1.82, 2.24) is 10.6 Å². The average Bonchev–Trinajstić information content (AvgIpc) is 2.33. The molecule has 2 N–H and O–H groups in total. The van der Waals surface area contributed by atoms with Crippen LogP contribution in [0.4, 0.5) is 0 Å². The van der Waals surface area contributed by atoms with Crippen LogP contribution in [-0.2, 0) is 0 Å². The Bertz CT molecular complexity index is 419. The summed E-state index contributed by atoms with van der Waals surface area (Å²) in [6.45, 7) is 1.93. The molecule has 1 aliphatic heterocycles. The van der Waals surface area contributed by atoms with Crippen LogP contribution in [0.15, 0.2) is 22.7 Å². The van der Waals surface area contributed by atoms with Crippen LogP contribution < -0.4 is 10.6 Å². The lowest BCUT2D eigenvalue weighted by atomic mass is 10.1. The first-order chi connectivity index (χ1) is 8.16. The Morgan fingerprint density at radius 1 is 1.53 bits per heavy atom. The van der Waals surface area contributed by atoms with Gasteiger partial charge in [-0.15, -0.1) is 0 Å². The fraction of sp³-hybridized carbons (Fsp3) is 0.417. The van der Waals surface area contributed by atoms with Crippen LogP contribution in [0.1, 0.15) is 23.2 Å². The molecule has 3 nitrogen and oxygen atoms in total. The number of nitrogens with one attached hydrogen (secondary N) is 2. The van der Waals surface area contributed by atoms with E-state index in [1.165, 1.54) is 0 Å². The molecule has 1 heterocycles. The van der Waals surface area contributed by atoms with Crippen molar-refractivity contribution in [2.24, 2.45) is 0 Å². The van der Waals surface area contributed by atoms with Crippen molar-refractivity contribution < 1.29 is 4.79 Å². The molecule has 5 heteroatoms. The van der Waals surface area contributed by atoms with E-state index in [-0.39, 0.29) is 11.9 Å². The summed E-state index contributed by atoms with van der Waals surface area (Å²) in [5.41, 5.74) is 0.741. The number of rotatable bonds is 2. The van der Waals surface area contributed by atoms with Crippen molar-refractivity contribution in [3.63, 3.8) is 0 Å². The van der Waals surface area contributed by atoms with E-state index in [0.717, 1.165) is 39.5 Å². The zero-order chi connectivity index (χ0) is 12.3. The predicted octanol–water partition coefficient (Wildman–Crippen LogP) is 2.54. The molecule has 0 aliphatic carbocycles. The highest BCUT2D eigenvalue weighted by molar-refractivity contribution is 14.1. The van der Waals surface area contributed by atoms with Crippen LogP contribution in [0.2, 0.25) is 0 Å². The van der Waals surface area contributed by atoms with Crippen LogP contribution in [0.3, 0.4) is 0 Å². The van der Waals surface area contributed by atoms with Crippen molar-refractivity contribution in [2.45, 2.75) is 18.9 Å². The second-order valence-corrected chi connectivity index (χ2v) is 6.22. The van der Waals surface area contributed by atoms with Gasteiger partial charge < -0.3 is 10.6 Å². The first-order valence-corrected chi connectivity index (χ1v) is 7.50. The number of amides is 1. The molecular weight excluding hydrogens is 395 g/mol. The second-order valence-electron chi connectivity index (χ2n) is 4.14. The zero-order valence-electron chi connectivity index (χ0n) is 9.30. The van der Waals surface area contributed by atoms with E-state index in [4.69, 9.17) is 0 Å². The number of hydrogen-bond acceptors (Lipinski definition) is 2. The first kappa shape index (κ1) is 13.3. The van der Waals surface area contributed by atoms with Crippen molar-refractivity contribution in [3.8, 4) is 0 Å². The molecule has 17 heavy (non-hydrogen) atoms. The molecule has 1 atom stereocenters. The Morgan fingerprint density at radius 2 is 2.35 bits per heavy atom. The number of hydrogen-bond donors (Lipinski definition) is 2. The molecule has 0 saturated carbocycles. The fourth-order valence-electron chi connectivity index (χ4n) is 1.91. The van der Waals surface area contributed by atoms with Gasteiger partial charge in [0.1, 0.15) is 0 Å². The van der Waals surface area contributed by atoms with Crippen molar-refractivity contribution in [3.05, 3.63) is 31.8 Å². The molecule has 1 amide bonds. The molecule has 92 valence electrons. The van der Waals surface area contributed by atoms with Gasteiger partial charge in [-0.25, -0.2) is 0 Å². The Labute approximate surface area is 123 Å². The monoisotopic (exact) mass is 408 g/mol. The van der Waals surface area contributed by atoms with E-state index >= 15 is 0 Å². The molecule has 0 unspecified atom stereocenters. The van der Waals surface area contributed by atoms with Gasteiger partial charge in [0.15, 0.2) is 0 Å². The van der Waals surface area contributed by atoms with Gasteiger partial charge in [-0.05, 0) is 60.2 Å². The van der Waals surface area contributed by atoms with Crippen molar-refractivity contribution in [2.75, 3.05) is 13.1 Å². The molecular formula is C12H14BrIN2O. The summed E-state index contributed by atoms with van der Waals surface area (Å²) in [4.78, 5) is 12.1. The van der Waals surface area contributed by atoms with E-state index in [0.29, 0.717) is 0 Å². The van der Waals surface area contributed by atoms with Crippen LogP contribution in [0, 0.1) is 3.57 Å². The van der Waals surface area contributed by atoms with E-state index in [1.807, 2.05) is 18.2 Å². The van der Waals surface area contributed by atoms with E-state index in [1.54, 1.807) is 0 Å². The van der Waals surface area contributed by atoms with Gasteiger partial charge in [-0.3, -0.25) is 4.79 Å². The van der Waals surface area contributed by atoms with E-state index in [9.17, 15) is 4.79 Å². The van der Waals surface area contributed by atoms with Crippen LogP contribution in [0.5, 0.6) is 0 Å². The maximum atomic E-state index is 12.1. The quantitative estimate of drug-likeness (QED) is 0.738. The van der Waals surface area contributed by atoms with Gasteiger partial charge in [0, 0.05) is 20.6 Å². The molecule has 2 rings (SSSR count). The molecule has 0 radical (unpaired) electrons. The summed E-state index contributed by atoms with van der Waals surface area (Å²) in [5.74, 6) is 0.0180. The number of halogens is 2. The number of benzene rings is 1. The minimum absolute atomic E-state index is 0.0180. The van der Waals surface area contributed by atoms with Gasteiger partial charge in [-0.1, -0.05) is 15.9 Å². The average molecular weight is 409 g/mol. The maximum absolute atomic E-state index is 12.1. The Morgan fingerprint density at radius 3 is 3.06 bits per heavy atom. The number of carbonyl (C=O) groups excluding carboxylic acids is 1. The summed E-state index contributed by atoms with van der Waals surface area (Å²) in [6, 6.07) is 6.01. The molecule has 1 saturated heterocycles. The highest BCUT2D eigenvalue weighted by atomic mass is 127. The minimum atomic E-state index is 0.0180. The lowest BCUT2D eigenvalue weighted by molar-refractivity contribution is 0.0929. The molecule has 0 spiro atoms. The highest BCUT2D eigenvalue weighted by Gasteiger charge is 2.17. The van der Waals surface area contributed by atoms with Gasteiger partial charge in [0.05, 0.1) is 5.56 Å². The summed E-state index contributed by atoms with van der Waals surface area (Å²) >= 11 is 5.58. The lowest BCUT2D eigenvalue weighted by Crippen LogP contribution is -2.45. The fourth-order valence-corrected chi connectivity index (χ4v) is 2.85. The Hall–Kier alpha value is -0.140. The highest BCUT2D eigenvalue weighted by Crippen LogP contribution is 2.18. The molecule has 0 aromatic heterocycles. The largest absolute Gasteiger partial charge is 0.348 e. The number of piperidine rings is 1. The van der Waals surface area contributed by atoms with Gasteiger partial charge in [0.25, 0.3) is 5.91 Å². The standard InChI is InChI=1S/C12H14BrIN2O/c13-8-3-4-11(14)10(6-8)12(17)16-9-2-1-5-15-7-9/h3-4,6,9,15H,1-2,5,7H2,(H,16,17)/t9-/m1/s1. The molecule has 1 aliphatic rings. The third-order valence-corrected chi connectivity index (χ3v) is 4.24. The Kier molecular flexibility index (Phi) is 4.81. The third kappa shape index (κ3) is 3.66. The summed E-state index contributed by atoms with van der Waals surface area (Å²) in [6.07, 6.45) is 2.18. The second kappa shape index (κ2) is 6.15. The summed E-state index contributed by atoms with van der Waals surface area (Å²) in [5, 5.41) is 6.37. The van der Waals surface area contributed by atoms with Crippen molar-refractivity contribution in [1.29, 1.82) is 0 Å². The van der Waals surface area contributed by atoms with Gasteiger partial charge in [-0.2, -0.15) is 0 Å². The molecule has 1 fully saturated rings. The van der Waals surface area contributed by atoms with Crippen LogP contribution in [-0.4, -0.2) is 25.0 Å².